The number of carbonyl (C=O) groups is 1. The van der Waals surface area contributed by atoms with Gasteiger partial charge in [-0.3, -0.25) is 4.79 Å². The normalized spacial score (nSPS) is 13.5. The van der Waals surface area contributed by atoms with Gasteiger partial charge in [-0.15, -0.1) is 0 Å². The van der Waals surface area contributed by atoms with Crippen molar-refractivity contribution in [2.75, 3.05) is 0 Å². The van der Waals surface area contributed by atoms with Crippen molar-refractivity contribution in [1.82, 2.24) is 0 Å². The smallest absolute Gasteiger partial charge is 0.187 e. The van der Waals surface area contributed by atoms with E-state index >= 15 is 0 Å². The van der Waals surface area contributed by atoms with Gasteiger partial charge >= 0.3 is 0 Å². The summed E-state index contributed by atoms with van der Waals surface area (Å²) in [7, 11) is 0. The number of halogens is 2. The Balaban J connectivity index is 2.04. The van der Waals surface area contributed by atoms with Crippen molar-refractivity contribution < 1.29 is 9.21 Å². The van der Waals surface area contributed by atoms with Crippen LogP contribution in [0.25, 0.3) is 26.8 Å². The zero-order chi connectivity index (χ0) is 16.1. The second-order valence-electron chi connectivity index (χ2n) is 5.54. The lowest BCUT2D eigenvalue weighted by Crippen LogP contribution is -2.02. The average Bonchev–Trinajstić information content (AvgIpc) is 2.92. The number of benzene rings is 2. The van der Waals surface area contributed by atoms with Crippen LogP contribution >= 0.6 is 31.9 Å². The third kappa shape index (κ3) is 2.32. The van der Waals surface area contributed by atoms with Gasteiger partial charge in [-0.2, -0.15) is 0 Å². The van der Waals surface area contributed by atoms with Gasteiger partial charge in [0.25, 0.3) is 0 Å². The van der Waals surface area contributed by atoms with Crippen molar-refractivity contribution in [3.63, 3.8) is 0 Å². The minimum Gasteiger partial charge on any atom is -0.455 e. The van der Waals surface area contributed by atoms with E-state index in [2.05, 4.69) is 63.0 Å². The number of rotatable bonds is 2. The van der Waals surface area contributed by atoms with Crippen LogP contribution in [0.1, 0.15) is 28.4 Å². The Kier molecular flexibility index (Phi) is 3.54. The van der Waals surface area contributed by atoms with Crippen LogP contribution in [-0.4, -0.2) is 5.78 Å². The van der Waals surface area contributed by atoms with Gasteiger partial charge in [-0.25, -0.2) is 0 Å². The maximum atomic E-state index is 12.3. The van der Waals surface area contributed by atoms with Crippen molar-refractivity contribution in [3.05, 3.63) is 63.6 Å². The lowest BCUT2D eigenvalue weighted by molar-refractivity contribution is 0.104. The van der Waals surface area contributed by atoms with Crippen LogP contribution in [0.15, 0.2) is 51.4 Å². The minimum absolute atomic E-state index is 0.00986. The molecule has 0 radical (unpaired) electrons. The predicted octanol–water partition coefficient (Wildman–Crippen LogP) is 6.36. The quantitative estimate of drug-likeness (QED) is 0.472. The van der Waals surface area contributed by atoms with Crippen molar-refractivity contribution in [2.24, 2.45) is 0 Å². The maximum Gasteiger partial charge on any atom is 0.187 e. The van der Waals surface area contributed by atoms with E-state index in [4.69, 9.17) is 4.42 Å². The molecule has 23 heavy (non-hydrogen) atoms. The second-order valence-corrected chi connectivity index (χ2v) is 7.31. The molecule has 0 unspecified atom stereocenters. The summed E-state index contributed by atoms with van der Waals surface area (Å²) in [5, 5.41) is 0.877. The van der Waals surface area contributed by atoms with Gasteiger partial charge in [0.2, 0.25) is 0 Å². The van der Waals surface area contributed by atoms with E-state index in [0.29, 0.717) is 5.56 Å². The van der Waals surface area contributed by atoms with Crippen LogP contribution in [0.4, 0.5) is 0 Å². The van der Waals surface area contributed by atoms with Gasteiger partial charge in [0.15, 0.2) is 5.78 Å². The molecular formula is C19H12Br2O2. The zero-order valence-electron chi connectivity index (χ0n) is 12.3. The number of ketones is 1. The van der Waals surface area contributed by atoms with Crippen molar-refractivity contribution in [2.45, 2.75) is 13.3 Å². The Morgan fingerprint density at radius 2 is 1.83 bits per heavy atom. The molecule has 0 atom stereocenters. The molecule has 0 saturated heterocycles. The van der Waals surface area contributed by atoms with Crippen molar-refractivity contribution >= 4 is 53.1 Å². The standard InChI is InChI=1S/C19H12Br2O2/c1-2-10-3-5-11(6-4-10)19-18-14(21)9-15(22)13-7-12(20)8-16(23-19)17(13)18/h3-9H,2H2,1H3. The molecule has 1 aliphatic rings. The topological polar surface area (TPSA) is 30.2 Å². The number of allylic oxidation sites excluding steroid dienone is 1. The molecule has 0 bridgehead atoms. The van der Waals surface area contributed by atoms with Crippen molar-refractivity contribution in [3.8, 4) is 11.3 Å². The number of furan rings is 1. The van der Waals surface area contributed by atoms with Gasteiger partial charge in [0, 0.05) is 37.1 Å². The first-order valence-electron chi connectivity index (χ1n) is 7.35. The third-order valence-corrected chi connectivity index (χ3v) is 5.23. The van der Waals surface area contributed by atoms with Gasteiger partial charge in [-0.05, 0) is 40.0 Å². The van der Waals surface area contributed by atoms with E-state index in [1.165, 1.54) is 5.56 Å². The summed E-state index contributed by atoms with van der Waals surface area (Å²) < 4.78 is 7.73. The van der Waals surface area contributed by atoms with E-state index < -0.39 is 0 Å². The summed E-state index contributed by atoms with van der Waals surface area (Å²) in [5.74, 6) is 0.780. The number of aryl methyl sites for hydroxylation is 1. The van der Waals surface area contributed by atoms with E-state index in [9.17, 15) is 4.79 Å². The van der Waals surface area contributed by atoms with E-state index in [1.54, 1.807) is 6.08 Å². The Morgan fingerprint density at radius 3 is 2.52 bits per heavy atom. The first-order valence-corrected chi connectivity index (χ1v) is 8.94. The van der Waals surface area contributed by atoms with Gasteiger partial charge in [0.05, 0.1) is 0 Å². The molecule has 0 fully saturated rings. The lowest BCUT2D eigenvalue weighted by atomic mass is 9.94. The molecule has 4 rings (SSSR count). The summed E-state index contributed by atoms with van der Waals surface area (Å²) in [6.07, 6.45) is 2.62. The predicted molar refractivity (Wildman–Crippen MR) is 100.0 cm³/mol. The third-order valence-electron chi connectivity index (χ3n) is 4.14. The first-order chi connectivity index (χ1) is 11.1. The highest BCUT2D eigenvalue weighted by molar-refractivity contribution is 9.15. The molecule has 0 spiro atoms. The highest BCUT2D eigenvalue weighted by Gasteiger charge is 2.27. The number of carbonyl (C=O) groups excluding carboxylic acids is 1. The number of hydrogen-bond acceptors (Lipinski definition) is 2. The molecule has 1 aromatic heterocycles. The second kappa shape index (κ2) is 5.46. The van der Waals surface area contributed by atoms with Crippen LogP contribution in [0, 0.1) is 0 Å². The Bertz CT molecular complexity index is 979. The van der Waals surface area contributed by atoms with E-state index in [-0.39, 0.29) is 5.78 Å². The van der Waals surface area contributed by atoms with Gasteiger partial charge in [-0.1, -0.05) is 47.1 Å². The summed E-state index contributed by atoms with van der Waals surface area (Å²) in [6, 6.07) is 12.1. The molecule has 4 heteroatoms. The first kappa shape index (κ1) is 14.9. The molecule has 1 heterocycles. The van der Waals surface area contributed by atoms with Crippen LogP contribution in [-0.2, 0) is 6.42 Å². The molecule has 0 N–H and O–H groups in total. The van der Waals surface area contributed by atoms with Gasteiger partial charge in [0.1, 0.15) is 11.3 Å². The fourth-order valence-corrected chi connectivity index (χ4v) is 4.00. The highest BCUT2D eigenvalue weighted by atomic mass is 79.9. The number of hydrogen-bond donors (Lipinski definition) is 0. The van der Waals surface area contributed by atoms with Crippen LogP contribution in [0.5, 0.6) is 0 Å². The van der Waals surface area contributed by atoms with E-state index in [0.717, 1.165) is 43.2 Å². The minimum atomic E-state index is -0.00986. The lowest BCUT2D eigenvalue weighted by Gasteiger charge is -2.10. The molecule has 0 saturated carbocycles. The summed E-state index contributed by atoms with van der Waals surface area (Å²) in [5.41, 5.74) is 4.64. The maximum absolute atomic E-state index is 12.3. The Hall–Kier alpha value is -1.65. The summed E-state index contributed by atoms with van der Waals surface area (Å²) >= 11 is 6.99. The summed E-state index contributed by atoms with van der Waals surface area (Å²) in [6.45, 7) is 2.13. The Labute approximate surface area is 150 Å². The molecule has 2 aromatic carbocycles. The van der Waals surface area contributed by atoms with Crippen LogP contribution in [0.3, 0.4) is 0 Å². The SMILES string of the molecule is CCc1ccc(-c2oc3cc(Br)cc4c3c2C(Br)=CC4=O)cc1. The van der Waals surface area contributed by atoms with Crippen LogP contribution < -0.4 is 0 Å². The Morgan fingerprint density at radius 1 is 1.09 bits per heavy atom. The molecule has 3 aromatic rings. The molecular weight excluding hydrogens is 420 g/mol. The molecule has 0 amide bonds. The van der Waals surface area contributed by atoms with Crippen LogP contribution in [0.2, 0.25) is 0 Å². The molecule has 0 aliphatic heterocycles. The van der Waals surface area contributed by atoms with E-state index in [1.807, 2.05) is 12.1 Å². The largest absolute Gasteiger partial charge is 0.455 e. The average molecular weight is 432 g/mol. The monoisotopic (exact) mass is 430 g/mol. The highest BCUT2D eigenvalue weighted by Crippen LogP contribution is 2.45. The fraction of sp³-hybridized carbons (Fsp3) is 0.105. The molecule has 2 nitrogen and oxygen atoms in total. The van der Waals surface area contributed by atoms with Crippen molar-refractivity contribution in [1.29, 1.82) is 0 Å². The molecule has 114 valence electrons. The fourth-order valence-electron chi connectivity index (χ4n) is 2.98. The molecule has 1 aliphatic carbocycles. The zero-order valence-corrected chi connectivity index (χ0v) is 15.5. The van der Waals surface area contributed by atoms with Gasteiger partial charge < -0.3 is 4.42 Å². The summed E-state index contributed by atoms with van der Waals surface area (Å²) in [4.78, 5) is 12.3.